The Morgan fingerprint density at radius 1 is 1.06 bits per heavy atom. The molecule has 0 saturated carbocycles. The molecular formula is C25H27N3O4. The molecule has 0 spiro atoms. The van der Waals surface area contributed by atoms with E-state index >= 15 is 0 Å². The van der Waals surface area contributed by atoms with Crippen LogP contribution in [-0.4, -0.2) is 28.7 Å². The molecule has 1 N–H and O–H groups in total. The van der Waals surface area contributed by atoms with Crippen LogP contribution < -0.4 is 20.3 Å². The topological polar surface area (TPSA) is 82.5 Å². The average molecular weight is 434 g/mol. The van der Waals surface area contributed by atoms with Crippen LogP contribution in [0.4, 0.5) is 0 Å². The minimum absolute atomic E-state index is 0.0262. The summed E-state index contributed by atoms with van der Waals surface area (Å²) in [6, 6.07) is 10.8. The van der Waals surface area contributed by atoms with Gasteiger partial charge in [-0.15, -0.1) is 0 Å². The van der Waals surface area contributed by atoms with Gasteiger partial charge in [-0.2, -0.15) is 0 Å². The van der Waals surface area contributed by atoms with Crippen LogP contribution in [0.2, 0.25) is 0 Å². The zero-order chi connectivity index (χ0) is 22.2. The summed E-state index contributed by atoms with van der Waals surface area (Å²) in [5.74, 6) is 2.21. The van der Waals surface area contributed by atoms with Gasteiger partial charge in [-0.1, -0.05) is 19.9 Å². The van der Waals surface area contributed by atoms with Gasteiger partial charge in [-0.05, 0) is 48.2 Å². The third-order valence-electron chi connectivity index (χ3n) is 6.16. The molecule has 166 valence electrons. The number of aryl methyl sites for hydroxylation is 1. The van der Waals surface area contributed by atoms with Gasteiger partial charge >= 0.3 is 0 Å². The van der Waals surface area contributed by atoms with E-state index in [1.807, 2.05) is 18.2 Å². The maximum atomic E-state index is 13.2. The van der Waals surface area contributed by atoms with Crippen molar-refractivity contribution < 1.29 is 14.3 Å². The fourth-order valence-electron chi connectivity index (χ4n) is 4.46. The highest BCUT2D eigenvalue weighted by Crippen LogP contribution is 2.34. The Balaban J connectivity index is 1.43. The lowest BCUT2D eigenvalue weighted by Crippen LogP contribution is -2.32. The highest BCUT2D eigenvalue weighted by molar-refractivity contribution is 5.97. The highest BCUT2D eigenvalue weighted by Gasteiger charge is 2.23. The first kappa shape index (κ1) is 20.5. The molecule has 32 heavy (non-hydrogen) atoms. The van der Waals surface area contributed by atoms with E-state index in [4.69, 9.17) is 9.47 Å². The molecule has 0 fully saturated rings. The molecule has 0 radical (unpaired) electrons. The highest BCUT2D eigenvalue weighted by atomic mass is 16.5. The summed E-state index contributed by atoms with van der Waals surface area (Å²) in [5, 5.41) is 3.71. The molecule has 0 aliphatic carbocycles. The molecule has 5 rings (SSSR count). The van der Waals surface area contributed by atoms with Gasteiger partial charge in [0.15, 0.2) is 11.5 Å². The van der Waals surface area contributed by atoms with Crippen LogP contribution in [0.5, 0.6) is 11.5 Å². The monoisotopic (exact) mass is 433 g/mol. The number of ether oxygens (including phenoxy) is 2. The van der Waals surface area contributed by atoms with Crippen LogP contribution in [0.1, 0.15) is 54.5 Å². The molecule has 7 heteroatoms. The lowest BCUT2D eigenvalue weighted by atomic mass is 9.95. The van der Waals surface area contributed by atoms with Crippen LogP contribution in [-0.2, 0) is 13.0 Å². The van der Waals surface area contributed by atoms with E-state index in [9.17, 15) is 9.59 Å². The van der Waals surface area contributed by atoms with Gasteiger partial charge in [0.05, 0.1) is 30.2 Å². The summed E-state index contributed by atoms with van der Waals surface area (Å²) in [6.45, 7) is 6.10. The molecule has 0 saturated heterocycles. The molecule has 3 heterocycles. The van der Waals surface area contributed by atoms with Crippen molar-refractivity contribution >= 4 is 16.8 Å². The number of benzene rings is 2. The molecule has 2 aromatic carbocycles. The SMILES string of the molecule is CC(C)[C@@H](NC(=O)c1ccc2c(=O)n3c(nc2c1)CCC3)c1ccc2c(c1)OCCCO2. The normalized spacial score (nSPS) is 16.0. The summed E-state index contributed by atoms with van der Waals surface area (Å²) in [5.41, 5.74) is 2.01. The number of rotatable bonds is 4. The number of nitrogens with zero attached hydrogens (tertiary/aromatic N) is 2. The molecule has 2 aliphatic rings. The molecule has 0 unspecified atom stereocenters. The van der Waals surface area contributed by atoms with Crippen molar-refractivity contribution in [1.82, 2.24) is 14.9 Å². The number of hydrogen-bond acceptors (Lipinski definition) is 5. The first-order chi connectivity index (χ1) is 15.5. The predicted octanol–water partition coefficient (Wildman–Crippen LogP) is 3.63. The Morgan fingerprint density at radius 2 is 1.88 bits per heavy atom. The Hall–Kier alpha value is -3.35. The minimum Gasteiger partial charge on any atom is -0.490 e. The maximum Gasteiger partial charge on any atom is 0.261 e. The average Bonchev–Trinajstić information content (AvgIpc) is 3.13. The largest absolute Gasteiger partial charge is 0.490 e. The van der Waals surface area contributed by atoms with Crippen LogP contribution in [0.25, 0.3) is 10.9 Å². The van der Waals surface area contributed by atoms with Crippen molar-refractivity contribution in [2.45, 2.75) is 45.7 Å². The van der Waals surface area contributed by atoms with Gasteiger partial charge in [0, 0.05) is 24.9 Å². The van der Waals surface area contributed by atoms with Crippen molar-refractivity contribution in [2.24, 2.45) is 5.92 Å². The van der Waals surface area contributed by atoms with Crippen molar-refractivity contribution in [3.05, 3.63) is 63.7 Å². The number of amides is 1. The fraction of sp³-hybridized carbons (Fsp3) is 0.400. The molecule has 1 amide bonds. The van der Waals surface area contributed by atoms with Crippen LogP contribution in [0.15, 0.2) is 41.2 Å². The third-order valence-corrected chi connectivity index (χ3v) is 6.16. The van der Waals surface area contributed by atoms with Crippen LogP contribution >= 0.6 is 0 Å². The number of hydrogen-bond donors (Lipinski definition) is 1. The van der Waals surface area contributed by atoms with Crippen molar-refractivity contribution in [3.8, 4) is 11.5 Å². The number of nitrogens with one attached hydrogen (secondary N) is 1. The van der Waals surface area contributed by atoms with Gasteiger partial charge in [0.2, 0.25) is 0 Å². The first-order valence-electron chi connectivity index (χ1n) is 11.2. The molecule has 3 aromatic rings. The Kier molecular flexibility index (Phi) is 5.33. The van der Waals surface area contributed by atoms with Crippen molar-refractivity contribution in [3.63, 3.8) is 0 Å². The number of carbonyl (C=O) groups is 1. The predicted molar refractivity (Wildman–Crippen MR) is 121 cm³/mol. The second-order valence-corrected chi connectivity index (χ2v) is 8.77. The van der Waals surface area contributed by atoms with Crippen LogP contribution in [0.3, 0.4) is 0 Å². The van der Waals surface area contributed by atoms with E-state index < -0.39 is 0 Å². The van der Waals surface area contributed by atoms with Gasteiger partial charge < -0.3 is 14.8 Å². The molecule has 2 aliphatic heterocycles. The van der Waals surface area contributed by atoms with Gasteiger partial charge in [-0.3, -0.25) is 14.2 Å². The fourth-order valence-corrected chi connectivity index (χ4v) is 4.46. The second kappa shape index (κ2) is 8.30. The number of aromatic nitrogens is 2. The van der Waals surface area contributed by atoms with E-state index in [2.05, 4.69) is 24.1 Å². The molecule has 7 nitrogen and oxygen atoms in total. The quantitative estimate of drug-likeness (QED) is 0.679. The summed E-state index contributed by atoms with van der Waals surface area (Å²) in [7, 11) is 0. The summed E-state index contributed by atoms with van der Waals surface area (Å²) < 4.78 is 13.3. The smallest absolute Gasteiger partial charge is 0.261 e. The minimum atomic E-state index is -0.200. The van der Waals surface area contributed by atoms with E-state index in [1.54, 1.807) is 22.8 Å². The Bertz CT molecular complexity index is 1250. The van der Waals surface area contributed by atoms with Crippen LogP contribution in [0, 0.1) is 5.92 Å². The Morgan fingerprint density at radius 3 is 2.69 bits per heavy atom. The molecule has 0 bridgehead atoms. The third kappa shape index (κ3) is 3.72. The molecule has 1 aromatic heterocycles. The lowest BCUT2D eigenvalue weighted by molar-refractivity contribution is 0.0925. The Labute approximate surface area is 186 Å². The van der Waals surface area contributed by atoms with E-state index in [0.29, 0.717) is 42.0 Å². The molecule has 1 atom stereocenters. The standard InChI is InChI=1S/C25H27N3O4/c1-15(2)23(16-7-9-20-21(14-16)32-12-4-11-31-20)27-24(29)17-6-8-18-19(13-17)26-22-5-3-10-28(22)25(18)30/h6-9,13-15,23H,3-5,10-12H2,1-2H3,(H,27,29)/t23-/m1/s1. The maximum absolute atomic E-state index is 13.2. The van der Waals surface area contributed by atoms with E-state index in [-0.39, 0.29) is 23.4 Å². The van der Waals surface area contributed by atoms with Gasteiger partial charge in [0.1, 0.15) is 5.82 Å². The lowest BCUT2D eigenvalue weighted by Gasteiger charge is -2.24. The summed E-state index contributed by atoms with van der Waals surface area (Å²) >= 11 is 0. The summed E-state index contributed by atoms with van der Waals surface area (Å²) in [4.78, 5) is 30.5. The number of fused-ring (bicyclic) bond motifs is 3. The zero-order valence-corrected chi connectivity index (χ0v) is 18.4. The zero-order valence-electron chi connectivity index (χ0n) is 18.4. The van der Waals surface area contributed by atoms with Gasteiger partial charge in [-0.25, -0.2) is 4.98 Å². The molecular weight excluding hydrogens is 406 g/mol. The second-order valence-electron chi connectivity index (χ2n) is 8.77. The number of carbonyl (C=O) groups excluding carboxylic acids is 1. The van der Waals surface area contributed by atoms with Crippen molar-refractivity contribution in [2.75, 3.05) is 13.2 Å². The summed E-state index contributed by atoms with van der Waals surface area (Å²) in [6.07, 6.45) is 2.57. The van der Waals surface area contributed by atoms with E-state index in [0.717, 1.165) is 36.4 Å². The van der Waals surface area contributed by atoms with Gasteiger partial charge in [0.25, 0.3) is 11.5 Å². The first-order valence-corrected chi connectivity index (χ1v) is 11.2. The van der Waals surface area contributed by atoms with Crippen molar-refractivity contribution in [1.29, 1.82) is 0 Å². The van der Waals surface area contributed by atoms with E-state index in [1.165, 1.54) is 0 Å².